The van der Waals surface area contributed by atoms with Crippen LogP contribution in [0.3, 0.4) is 0 Å². The maximum absolute atomic E-state index is 11.0. The molecule has 2 rings (SSSR count). The first-order valence-electron chi connectivity index (χ1n) is 4.92. The van der Waals surface area contributed by atoms with Crippen LogP contribution in [0.5, 0.6) is 0 Å². The Morgan fingerprint density at radius 2 is 2.00 bits per heavy atom. The van der Waals surface area contributed by atoms with Crippen LogP contribution >= 0.6 is 11.6 Å². The number of nitrogens with zero attached hydrogens (tertiary/aromatic N) is 3. The summed E-state index contributed by atoms with van der Waals surface area (Å²) in [6, 6.07) is 3.05. The number of halogens is 1. The van der Waals surface area contributed by atoms with Crippen LogP contribution in [0.1, 0.15) is 11.4 Å². The fourth-order valence-corrected chi connectivity index (χ4v) is 1.79. The van der Waals surface area contributed by atoms with Gasteiger partial charge in [-0.3, -0.25) is 9.48 Å². The van der Waals surface area contributed by atoms with Gasteiger partial charge in [-0.05, 0) is 6.92 Å². The molecule has 0 N–H and O–H groups in total. The van der Waals surface area contributed by atoms with E-state index in [2.05, 4.69) is 5.10 Å². The van der Waals surface area contributed by atoms with E-state index in [9.17, 15) is 4.79 Å². The van der Waals surface area contributed by atoms with E-state index in [-0.39, 0.29) is 5.43 Å². The molecule has 0 atom stereocenters. The maximum Gasteiger partial charge on any atom is 0.181 e. The van der Waals surface area contributed by atoms with Gasteiger partial charge < -0.3 is 4.57 Å². The van der Waals surface area contributed by atoms with Gasteiger partial charge in [0.25, 0.3) is 0 Å². The van der Waals surface area contributed by atoms with Crippen molar-refractivity contribution in [2.45, 2.75) is 13.5 Å². The molecule has 2 aromatic rings. The van der Waals surface area contributed by atoms with Gasteiger partial charge in [0.2, 0.25) is 0 Å². The molecule has 0 saturated heterocycles. The highest BCUT2D eigenvalue weighted by molar-refractivity contribution is 6.31. The van der Waals surface area contributed by atoms with Gasteiger partial charge in [-0.15, -0.1) is 0 Å². The van der Waals surface area contributed by atoms with E-state index in [1.54, 1.807) is 17.1 Å². The van der Waals surface area contributed by atoms with Crippen molar-refractivity contribution in [2.24, 2.45) is 7.05 Å². The highest BCUT2D eigenvalue weighted by atomic mass is 35.5. The van der Waals surface area contributed by atoms with Crippen molar-refractivity contribution in [2.75, 3.05) is 0 Å². The van der Waals surface area contributed by atoms with E-state index in [0.717, 1.165) is 11.4 Å². The molecule has 84 valence electrons. The molecule has 0 aliphatic carbocycles. The van der Waals surface area contributed by atoms with Crippen molar-refractivity contribution in [1.29, 1.82) is 0 Å². The van der Waals surface area contributed by atoms with Crippen molar-refractivity contribution in [1.82, 2.24) is 14.3 Å². The van der Waals surface area contributed by atoms with Crippen molar-refractivity contribution >= 4 is 11.6 Å². The molecule has 2 heterocycles. The number of hydrogen-bond acceptors (Lipinski definition) is 2. The second-order valence-corrected chi connectivity index (χ2v) is 4.05. The summed E-state index contributed by atoms with van der Waals surface area (Å²) in [6.07, 6.45) is 3.47. The van der Waals surface area contributed by atoms with Gasteiger partial charge >= 0.3 is 0 Å². The third-order valence-electron chi connectivity index (χ3n) is 2.45. The Hall–Kier alpha value is -1.55. The van der Waals surface area contributed by atoms with Crippen molar-refractivity contribution in [3.05, 3.63) is 51.2 Å². The van der Waals surface area contributed by atoms with Crippen LogP contribution in [0.25, 0.3) is 0 Å². The van der Waals surface area contributed by atoms with Crippen molar-refractivity contribution in [3.63, 3.8) is 0 Å². The average molecular weight is 238 g/mol. The van der Waals surface area contributed by atoms with Gasteiger partial charge in [-0.25, -0.2) is 0 Å². The lowest BCUT2D eigenvalue weighted by molar-refractivity contribution is 0.661. The number of aryl methyl sites for hydroxylation is 2. The maximum atomic E-state index is 11.0. The molecule has 0 radical (unpaired) electrons. The van der Waals surface area contributed by atoms with Crippen LogP contribution in [0.2, 0.25) is 5.02 Å². The summed E-state index contributed by atoms with van der Waals surface area (Å²) in [4.78, 5) is 11.0. The third-order valence-corrected chi connectivity index (χ3v) is 2.95. The Bertz CT molecular complexity index is 551. The summed E-state index contributed by atoms with van der Waals surface area (Å²) >= 11 is 6.14. The Morgan fingerprint density at radius 3 is 2.50 bits per heavy atom. The summed E-state index contributed by atoms with van der Waals surface area (Å²) in [7, 11) is 1.86. The lowest BCUT2D eigenvalue weighted by Crippen LogP contribution is -2.08. The fourth-order valence-electron chi connectivity index (χ4n) is 1.57. The fraction of sp³-hybridized carbons (Fsp3) is 0.273. The zero-order valence-electron chi connectivity index (χ0n) is 9.14. The minimum atomic E-state index is 0.00327. The van der Waals surface area contributed by atoms with Gasteiger partial charge in [0.05, 0.1) is 23.0 Å². The van der Waals surface area contributed by atoms with E-state index >= 15 is 0 Å². The van der Waals surface area contributed by atoms with E-state index in [1.165, 1.54) is 12.1 Å². The number of rotatable bonds is 2. The zero-order chi connectivity index (χ0) is 11.7. The molecular formula is C11H12ClN3O. The molecule has 0 spiro atoms. The normalized spacial score (nSPS) is 10.7. The molecule has 0 bridgehead atoms. The second kappa shape index (κ2) is 4.14. The lowest BCUT2D eigenvalue weighted by Gasteiger charge is -2.06. The van der Waals surface area contributed by atoms with Gasteiger partial charge in [-0.2, -0.15) is 5.10 Å². The molecule has 0 fully saturated rings. The average Bonchev–Trinajstić information content (AvgIpc) is 2.48. The minimum absolute atomic E-state index is 0.00327. The molecule has 0 aromatic carbocycles. The van der Waals surface area contributed by atoms with Crippen LogP contribution in [-0.2, 0) is 13.6 Å². The van der Waals surface area contributed by atoms with E-state index in [0.29, 0.717) is 11.6 Å². The molecule has 5 heteroatoms. The predicted octanol–water partition coefficient (Wildman–Crippen LogP) is 1.59. The molecule has 0 aliphatic heterocycles. The summed E-state index contributed by atoms with van der Waals surface area (Å²) in [5.41, 5.74) is 1.76. The van der Waals surface area contributed by atoms with E-state index < -0.39 is 0 Å². The molecule has 0 unspecified atom stereocenters. The van der Waals surface area contributed by atoms with Gasteiger partial charge in [0, 0.05) is 31.6 Å². The van der Waals surface area contributed by atoms with E-state index in [4.69, 9.17) is 11.6 Å². The van der Waals surface area contributed by atoms with Gasteiger partial charge in [-0.1, -0.05) is 11.6 Å². The summed E-state index contributed by atoms with van der Waals surface area (Å²) in [5.74, 6) is 0. The minimum Gasteiger partial charge on any atom is -0.348 e. The Labute approximate surface area is 98.1 Å². The predicted molar refractivity (Wildman–Crippen MR) is 62.8 cm³/mol. The van der Waals surface area contributed by atoms with Crippen LogP contribution in [0.4, 0.5) is 0 Å². The SMILES string of the molecule is Cc1nn(C)c(Cn2ccc(=O)cc2)c1Cl. The highest BCUT2D eigenvalue weighted by Gasteiger charge is 2.10. The molecule has 0 amide bonds. The largest absolute Gasteiger partial charge is 0.348 e. The first-order valence-corrected chi connectivity index (χ1v) is 5.30. The Balaban J connectivity index is 2.33. The summed E-state index contributed by atoms with van der Waals surface area (Å²) < 4.78 is 3.65. The van der Waals surface area contributed by atoms with E-state index in [1.807, 2.05) is 18.5 Å². The topological polar surface area (TPSA) is 39.8 Å². The number of pyridine rings is 1. The Kier molecular flexibility index (Phi) is 2.83. The lowest BCUT2D eigenvalue weighted by atomic mass is 10.3. The van der Waals surface area contributed by atoms with Gasteiger partial charge in [0.15, 0.2) is 5.43 Å². The monoisotopic (exact) mass is 237 g/mol. The molecular weight excluding hydrogens is 226 g/mol. The molecule has 0 saturated carbocycles. The first kappa shape index (κ1) is 11.0. The molecule has 0 aliphatic rings. The van der Waals surface area contributed by atoms with Crippen molar-refractivity contribution in [3.8, 4) is 0 Å². The van der Waals surface area contributed by atoms with Crippen molar-refractivity contribution < 1.29 is 0 Å². The van der Waals surface area contributed by atoms with Crippen LogP contribution in [0.15, 0.2) is 29.3 Å². The van der Waals surface area contributed by atoms with Crippen LogP contribution < -0.4 is 5.43 Å². The summed E-state index contributed by atoms with van der Waals surface area (Å²) in [6.45, 7) is 2.48. The van der Waals surface area contributed by atoms with Crippen LogP contribution in [0, 0.1) is 6.92 Å². The quantitative estimate of drug-likeness (QED) is 0.796. The highest BCUT2D eigenvalue weighted by Crippen LogP contribution is 2.19. The number of hydrogen-bond donors (Lipinski definition) is 0. The number of aromatic nitrogens is 3. The Morgan fingerprint density at radius 1 is 1.38 bits per heavy atom. The first-order chi connectivity index (χ1) is 7.58. The standard InChI is InChI=1S/C11H12ClN3O/c1-8-11(12)10(14(2)13-8)7-15-5-3-9(16)4-6-15/h3-6H,7H2,1-2H3. The zero-order valence-corrected chi connectivity index (χ0v) is 9.90. The summed E-state index contributed by atoms with van der Waals surface area (Å²) in [5, 5.41) is 4.92. The molecule has 16 heavy (non-hydrogen) atoms. The molecule has 2 aromatic heterocycles. The molecule has 4 nitrogen and oxygen atoms in total. The van der Waals surface area contributed by atoms with Gasteiger partial charge in [0.1, 0.15) is 0 Å². The second-order valence-electron chi connectivity index (χ2n) is 3.68. The smallest absolute Gasteiger partial charge is 0.181 e. The van der Waals surface area contributed by atoms with Crippen LogP contribution in [-0.4, -0.2) is 14.3 Å². The third kappa shape index (κ3) is 2.02.